The van der Waals surface area contributed by atoms with E-state index in [4.69, 9.17) is 0 Å². The summed E-state index contributed by atoms with van der Waals surface area (Å²) in [6.07, 6.45) is 1.15. The summed E-state index contributed by atoms with van der Waals surface area (Å²) in [4.78, 5) is 16.0. The van der Waals surface area contributed by atoms with Crippen LogP contribution in [0.5, 0.6) is 0 Å². The molecule has 106 valence electrons. The highest BCUT2D eigenvalue weighted by atomic mass is 79.9. The number of rotatable bonds is 2. The molecule has 6 heteroatoms. The second-order valence-electron chi connectivity index (χ2n) is 4.49. The maximum Gasteiger partial charge on any atom is 0.269 e. The second kappa shape index (κ2) is 5.37. The third kappa shape index (κ3) is 2.47. The Kier molecular flexibility index (Phi) is 3.55. The monoisotopic (exact) mass is 350 g/mol. The molecule has 0 fully saturated rings. The molecule has 0 unspecified atom stereocenters. The van der Waals surface area contributed by atoms with Gasteiger partial charge in [0.1, 0.15) is 11.6 Å². The van der Waals surface area contributed by atoms with Crippen LogP contribution in [0.4, 0.5) is 8.78 Å². The number of aromatic nitrogens is 2. The standard InChI is InChI=1S/C15H9BrF2N2O/c16-10-5-6-11(17)9(15(10)18)8-20-13-4-2-1-3-12(13)19-7-14(20)21/h1-7H,8H2. The van der Waals surface area contributed by atoms with Gasteiger partial charge >= 0.3 is 0 Å². The van der Waals surface area contributed by atoms with Crippen LogP contribution in [0.3, 0.4) is 0 Å². The maximum absolute atomic E-state index is 14.1. The predicted octanol–water partition coefficient (Wildman–Crippen LogP) is 3.49. The number of hydrogen-bond donors (Lipinski definition) is 0. The first kappa shape index (κ1) is 13.9. The fourth-order valence-corrected chi connectivity index (χ4v) is 2.52. The summed E-state index contributed by atoms with van der Waals surface area (Å²) in [6, 6.07) is 9.41. The van der Waals surface area contributed by atoms with Crippen molar-refractivity contribution in [1.29, 1.82) is 0 Å². The zero-order chi connectivity index (χ0) is 15.0. The van der Waals surface area contributed by atoms with Gasteiger partial charge in [-0.1, -0.05) is 12.1 Å². The lowest BCUT2D eigenvalue weighted by molar-refractivity contribution is 0.540. The largest absolute Gasteiger partial charge is 0.301 e. The zero-order valence-corrected chi connectivity index (χ0v) is 12.3. The van der Waals surface area contributed by atoms with E-state index in [2.05, 4.69) is 20.9 Å². The van der Waals surface area contributed by atoms with E-state index in [9.17, 15) is 13.6 Å². The zero-order valence-electron chi connectivity index (χ0n) is 10.7. The van der Waals surface area contributed by atoms with Crippen molar-refractivity contribution in [1.82, 2.24) is 9.55 Å². The van der Waals surface area contributed by atoms with E-state index in [1.807, 2.05) is 0 Å². The van der Waals surface area contributed by atoms with Crippen LogP contribution in [0, 0.1) is 11.6 Å². The highest BCUT2D eigenvalue weighted by Gasteiger charge is 2.14. The third-order valence-corrected chi connectivity index (χ3v) is 3.82. The van der Waals surface area contributed by atoms with Crippen molar-refractivity contribution in [2.24, 2.45) is 0 Å². The van der Waals surface area contributed by atoms with Crippen molar-refractivity contribution in [3.8, 4) is 0 Å². The van der Waals surface area contributed by atoms with Crippen LogP contribution >= 0.6 is 15.9 Å². The summed E-state index contributed by atoms with van der Waals surface area (Å²) in [5, 5.41) is 0. The number of hydrogen-bond acceptors (Lipinski definition) is 2. The van der Waals surface area contributed by atoms with Crippen molar-refractivity contribution in [2.75, 3.05) is 0 Å². The Morgan fingerprint density at radius 1 is 1.14 bits per heavy atom. The predicted molar refractivity (Wildman–Crippen MR) is 79.2 cm³/mol. The van der Waals surface area contributed by atoms with Gasteiger partial charge in [-0.15, -0.1) is 0 Å². The molecule has 0 aliphatic rings. The molecule has 2 aromatic carbocycles. The quantitative estimate of drug-likeness (QED) is 0.663. The van der Waals surface area contributed by atoms with Gasteiger partial charge in [0.15, 0.2) is 0 Å². The molecule has 0 amide bonds. The minimum atomic E-state index is -0.706. The number of halogens is 3. The van der Waals surface area contributed by atoms with Crippen LogP contribution in [0.25, 0.3) is 11.0 Å². The lowest BCUT2D eigenvalue weighted by atomic mass is 10.2. The number of para-hydroxylation sites is 2. The van der Waals surface area contributed by atoms with E-state index in [1.54, 1.807) is 24.3 Å². The molecule has 1 aromatic heterocycles. The van der Waals surface area contributed by atoms with Crippen molar-refractivity contribution in [2.45, 2.75) is 6.54 Å². The maximum atomic E-state index is 14.1. The number of nitrogens with zero attached hydrogens (tertiary/aromatic N) is 2. The van der Waals surface area contributed by atoms with E-state index >= 15 is 0 Å². The van der Waals surface area contributed by atoms with Crippen LogP contribution in [0.15, 0.2) is 51.9 Å². The molecular weight excluding hydrogens is 342 g/mol. The van der Waals surface area contributed by atoms with Gasteiger partial charge in [-0.25, -0.2) is 13.8 Å². The summed E-state index contributed by atoms with van der Waals surface area (Å²) in [6.45, 7) is -0.195. The van der Waals surface area contributed by atoms with Gasteiger partial charge in [0, 0.05) is 5.56 Å². The van der Waals surface area contributed by atoms with Crippen molar-refractivity contribution >= 4 is 27.0 Å². The Hall–Kier alpha value is -2.08. The Morgan fingerprint density at radius 3 is 2.71 bits per heavy atom. The van der Waals surface area contributed by atoms with Gasteiger partial charge in [0.2, 0.25) is 0 Å². The smallest absolute Gasteiger partial charge is 0.269 e. The summed E-state index contributed by atoms with van der Waals surface area (Å²) in [5.41, 5.74) is 0.548. The molecule has 1 heterocycles. The molecule has 3 nitrogen and oxygen atoms in total. The molecule has 0 spiro atoms. The van der Waals surface area contributed by atoms with E-state index < -0.39 is 17.2 Å². The van der Waals surface area contributed by atoms with Gasteiger partial charge in [0.25, 0.3) is 5.56 Å². The fraction of sp³-hybridized carbons (Fsp3) is 0.0667. The molecule has 0 aliphatic carbocycles. The number of fused-ring (bicyclic) bond motifs is 1. The van der Waals surface area contributed by atoms with Crippen LogP contribution < -0.4 is 5.56 Å². The summed E-state index contributed by atoms with van der Waals surface area (Å²) in [7, 11) is 0. The highest BCUT2D eigenvalue weighted by molar-refractivity contribution is 9.10. The molecule has 0 aliphatic heterocycles. The first-order chi connectivity index (χ1) is 10.1. The minimum Gasteiger partial charge on any atom is -0.301 e. The normalized spacial score (nSPS) is 11.0. The van der Waals surface area contributed by atoms with Gasteiger partial charge in [-0.05, 0) is 40.2 Å². The van der Waals surface area contributed by atoms with E-state index in [0.717, 1.165) is 12.3 Å². The minimum absolute atomic E-state index is 0.158. The van der Waals surface area contributed by atoms with Crippen LogP contribution in [-0.4, -0.2) is 9.55 Å². The first-order valence-corrected chi connectivity index (χ1v) is 6.94. The number of benzene rings is 2. The topological polar surface area (TPSA) is 34.9 Å². The van der Waals surface area contributed by atoms with Gasteiger partial charge in [-0.3, -0.25) is 4.79 Å². The molecule has 0 saturated heterocycles. The summed E-state index contributed by atoms with van der Waals surface area (Å²) < 4.78 is 29.4. The summed E-state index contributed by atoms with van der Waals surface area (Å²) in [5.74, 6) is -1.40. The molecule has 0 radical (unpaired) electrons. The van der Waals surface area contributed by atoms with E-state index in [0.29, 0.717) is 11.0 Å². The lowest BCUT2D eigenvalue weighted by Crippen LogP contribution is -2.22. The van der Waals surface area contributed by atoms with Crippen molar-refractivity contribution in [3.05, 3.63) is 74.6 Å². The average molecular weight is 351 g/mol. The Morgan fingerprint density at radius 2 is 1.90 bits per heavy atom. The van der Waals surface area contributed by atoms with Gasteiger partial charge in [-0.2, -0.15) is 0 Å². The fourth-order valence-electron chi connectivity index (χ4n) is 2.15. The molecule has 0 N–H and O–H groups in total. The van der Waals surface area contributed by atoms with E-state index in [1.165, 1.54) is 10.6 Å². The Labute approximate surface area is 127 Å². The first-order valence-electron chi connectivity index (χ1n) is 6.15. The Balaban J connectivity index is 2.22. The SMILES string of the molecule is O=c1cnc2ccccc2n1Cc1c(F)ccc(Br)c1F. The lowest BCUT2D eigenvalue weighted by Gasteiger charge is -2.11. The van der Waals surface area contributed by atoms with Crippen molar-refractivity contribution in [3.63, 3.8) is 0 Å². The Bertz CT molecular complexity index is 892. The molecule has 0 saturated carbocycles. The molecule has 3 rings (SSSR count). The van der Waals surface area contributed by atoms with Gasteiger partial charge < -0.3 is 4.57 Å². The van der Waals surface area contributed by atoms with Crippen LogP contribution in [0.2, 0.25) is 0 Å². The van der Waals surface area contributed by atoms with E-state index in [-0.39, 0.29) is 16.6 Å². The van der Waals surface area contributed by atoms with Gasteiger partial charge in [0.05, 0.1) is 28.2 Å². The highest BCUT2D eigenvalue weighted by Crippen LogP contribution is 2.23. The molecular formula is C15H9BrF2N2O. The van der Waals surface area contributed by atoms with Crippen LogP contribution in [0.1, 0.15) is 5.56 Å². The average Bonchev–Trinajstić information content (AvgIpc) is 2.49. The molecule has 21 heavy (non-hydrogen) atoms. The van der Waals surface area contributed by atoms with Crippen LogP contribution in [-0.2, 0) is 6.54 Å². The van der Waals surface area contributed by atoms with Crippen molar-refractivity contribution < 1.29 is 8.78 Å². The molecule has 0 bridgehead atoms. The molecule has 0 atom stereocenters. The third-order valence-electron chi connectivity index (χ3n) is 3.21. The second-order valence-corrected chi connectivity index (χ2v) is 5.35. The molecule has 3 aromatic rings. The summed E-state index contributed by atoms with van der Waals surface area (Å²) >= 11 is 3.02.